The van der Waals surface area contributed by atoms with Crippen LogP contribution in [0.1, 0.15) is 11.1 Å². The number of hydrogen-bond acceptors (Lipinski definition) is 2. The first kappa shape index (κ1) is 16.6. The van der Waals surface area contributed by atoms with Crippen molar-refractivity contribution in [2.24, 2.45) is 5.73 Å². The Bertz CT molecular complexity index is 911. The Kier molecular flexibility index (Phi) is 4.75. The number of halogens is 1. The summed E-state index contributed by atoms with van der Waals surface area (Å²) in [5.41, 5.74) is 8.67. The lowest BCUT2D eigenvalue weighted by molar-refractivity contribution is 0.253. The van der Waals surface area contributed by atoms with Crippen LogP contribution in [0, 0.1) is 12.7 Å². The summed E-state index contributed by atoms with van der Waals surface area (Å²) in [7, 11) is 0. The van der Waals surface area contributed by atoms with Gasteiger partial charge in [0.25, 0.3) is 0 Å². The zero-order valence-electron chi connectivity index (χ0n) is 13.8. The van der Waals surface area contributed by atoms with Crippen molar-refractivity contribution in [1.29, 1.82) is 0 Å². The van der Waals surface area contributed by atoms with Gasteiger partial charge in [-0.1, -0.05) is 48.5 Å². The van der Waals surface area contributed by atoms with Crippen LogP contribution in [0.15, 0.2) is 66.7 Å². The van der Waals surface area contributed by atoms with Crippen LogP contribution in [0.2, 0.25) is 0 Å². The molecule has 1 heterocycles. The highest BCUT2D eigenvalue weighted by Gasteiger charge is 2.17. The Morgan fingerprint density at radius 1 is 1.04 bits per heavy atom. The summed E-state index contributed by atoms with van der Waals surface area (Å²) in [5.74, 6) is 0.000291. The number of carbonyl (C=O) groups excluding carboxylic acids is 1. The first-order valence-electron chi connectivity index (χ1n) is 7.89. The molecule has 2 N–H and O–H groups in total. The smallest absolute Gasteiger partial charge is 0.320 e. The number of primary amides is 1. The third kappa shape index (κ3) is 3.66. The lowest BCUT2D eigenvalue weighted by atomic mass is 10.1. The third-order valence-electron chi connectivity index (χ3n) is 3.98. The van der Waals surface area contributed by atoms with Crippen LogP contribution in [0.25, 0.3) is 11.3 Å². The van der Waals surface area contributed by atoms with Crippen LogP contribution >= 0.6 is 0 Å². The highest BCUT2D eigenvalue weighted by molar-refractivity contribution is 5.89. The number of hydrogen-bond donors (Lipinski definition) is 1. The van der Waals surface area contributed by atoms with E-state index in [0.717, 1.165) is 16.8 Å². The molecule has 0 spiro atoms. The molecule has 2 aromatic carbocycles. The van der Waals surface area contributed by atoms with Gasteiger partial charge >= 0.3 is 6.03 Å². The van der Waals surface area contributed by atoms with Gasteiger partial charge in [-0.15, -0.1) is 0 Å². The van der Waals surface area contributed by atoms with E-state index in [0.29, 0.717) is 11.4 Å². The van der Waals surface area contributed by atoms with E-state index >= 15 is 0 Å². The van der Waals surface area contributed by atoms with Crippen molar-refractivity contribution in [3.63, 3.8) is 0 Å². The Morgan fingerprint density at radius 2 is 1.76 bits per heavy atom. The minimum atomic E-state index is -0.683. The van der Waals surface area contributed by atoms with Crippen LogP contribution in [0.3, 0.4) is 0 Å². The molecular weight excluding hydrogens is 317 g/mol. The van der Waals surface area contributed by atoms with Gasteiger partial charge in [-0.25, -0.2) is 14.2 Å². The van der Waals surface area contributed by atoms with E-state index in [1.165, 1.54) is 11.0 Å². The quantitative estimate of drug-likeness (QED) is 0.773. The highest BCUT2D eigenvalue weighted by atomic mass is 19.1. The molecule has 126 valence electrons. The molecule has 3 rings (SSSR count). The van der Waals surface area contributed by atoms with Gasteiger partial charge in [-0.05, 0) is 30.7 Å². The van der Waals surface area contributed by atoms with Crippen LogP contribution in [-0.2, 0) is 6.54 Å². The van der Waals surface area contributed by atoms with Gasteiger partial charge in [0, 0.05) is 11.1 Å². The fourth-order valence-corrected chi connectivity index (χ4v) is 2.65. The number of aromatic nitrogens is 1. The molecule has 0 saturated carbocycles. The molecule has 0 saturated heterocycles. The average molecular weight is 335 g/mol. The van der Waals surface area contributed by atoms with Gasteiger partial charge < -0.3 is 5.73 Å². The van der Waals surface area contributed by atoms with Crippen molar-refractivity contribution < 1.29 is 9.18 Å². The minimum Gasteiger partial charge on any atom is -0.351 e. The molecule has 3 aromatic rings. The maximum absolute atomic E-state index is 13.9. The van der Waals surface area contributed by atoms with Crippen LogP contribution in [0.4, 0.5) is 15.0 Å². The fraction of sp³-hybridized carbons (Fsp3) is 0.100. The summed E-state index contributed by atoms with van der Waals surface area (Å²) in [5, 5.41) is 0. The number of anilines is 1. The molecule has 0 aliphatic carbocycles. The molecule has 0 fully saturated rings. The van der Waals surface area contributed by atoms with Crippen LogP contribution in [0.5, 0.6) is 0 Å². The molecule has 0 unspecified atom stereocenters. The maximum Gasteiger partial charge on any atom is 0.320 e. The molecule has 0 bridgehead atoms. The topological polar surface area (TPSA) is 59.2 Å². The van der Waals surface area contributed by atoms with Gasteiger partial charge in [0.1, 0.15) is 11.6 Å². The number of benzene rings is 2. The zero-order chi connectivity index (χ0) is 17.8. The second-order valence-electron chi connectivity index (χ2n) is 5.71. The summed E-state index contributed by atoms with van der Waals surface area (Å²) >= 11 is 0. The lowest BCUT2D eigenvalue weighted by Gasteiger charge is -2.20. The van der Waals surface area contributed by atoms with Gasteiger partial charge in [0.05, 0.1) is 12.2 Å². The molecule has 0 aliphatic rings. The summed E-state index contributed by atoms with van der Waals surface area (Å²) in [4.78, 5) is 17.7. The van der Waals surface area contributed by atoms with Gasteiger partial charge in [-0.2, -0.15) is 0 Å². The van der Waals surface area contributed by atoms with E-state index in [1.807, 2.05) is 37.3 Å². The SMILES string of the molecule is Cc1ccccc1-c1cccc(N(Cc2ccccc2F)C(N)=O)n1. The Balaban J connectivity index is 1.98. The van der Waals surface area contributed by atoms with Crippen molar-refractivity contribution in [3.8, 4) is 11.3 Å². The summed E-state index contributed by atoms with van der Waals surface area (Å²) in [6, 6.07) is 18.8. The van der Waals surface area contributed by atoms with Gasteiger partial charge in [-0.3, -0.25) is 4.90 Å². The van der Waals surface area contributed by atoms with Crippen molar-refractivity contribution in [3.05, 3.63) is 83.7 Å². The normalized spacial score (nSPS) is 10.5. The monoisotopic (exact) mass is 335 g/mol. The van der Waals surface area contributed by atoms with Gasteiger partial charge in [0.2, 0.25) is 0 Å². The number of nitrogens with zero attached hydrogens (tertiary/aromatic N) is 2. The van der Waals surface area contributed by atoms with Crippen molar-refractivity contribution >= 4 is 11.8 Å². The van der Waals surface area contributed by atoms with E-state index in [1.54, 1.807) is 30.3 Å². The number of rotatable bonds is 4. The Labute approximate surface area is 145 Å². The third-order valence-corrected chi connectivity index (χ3v) is 3.98. The van der Waals surface area contributed by atoms with Crippen molar-refractivity contribution in [1.82, 2.24) is 4.98 Å². The van der Waals surface area contributed by atoms with Crippen LogP contribution < -0.4 is 10.6 Å². The molecule has 0 radical (unpaired) electrons. The molecule has 4 nitrogen and oxygen atoms in total. The van der Waals surface area contributed by atoms with Crippen molar-refractivity contribution in [2.45, 2.75) is 13.5 Å². The average Bonchev–Trinajstić information content (AvgIpc) is 2.61. The largest absolute Gasteiger partial charge is 0.351 e. The van der Waals surface area contributed by atoms with E-state index in [9.17, 15) is 9.18 Å². The van der Waals surface area contributed by atoms with Crippen LogP contribution in [-0.4, -0.2) is 11.0 Å². The molecule has 0 atom stereocenters. The molecule has 25 heavy (non-hydrogen) atoms. The minimum absolute atomic E-state index is 0.0201. The predicted molar refractivity (Wildman–Crippen MR) is 96.6 cm³/mol. The number of urea groups is 1. The summed E-state index contributed by atoms with van der Waals surface area (Å²) in [6.45, 7) is 2.01. The number of aryl methyl sites for hydroxylation is 1. The molecular formula is C20H18FN3O. The maximum atomic E-state index is 13.9. The molecule has 5 heteroatoms. The zero-order valence-corrected chi connectivity index (χ0v) is 13.8. The van der Waals surface area contributed by atoms with E-state index in [4.69, 9.17) is 5.73 Å². The molecule has 1 aromatic heterocycles. The Morgan fingerprint density at radius 3 is 2.48 bits per heavy atom. The fourth-order valence-electron chi connectivity index (χ4n) is 2.65. The van der Waals surface area contributed by atoms with Gasteiger partial charge in [0.15, 0.2) is 0 Å². The molecule has 2 amide bonds. The summed E-state index contributed by atoms with van der Waals surface area (Å²) in [6.07, 6.45) is 0. The number of amides is 2. The standard InChI is InChI=1S/C20H18FN3O/c1-14-7-2-4-9-16(14)18-11-6-12-19(23-18)24(20(22)25)13-15-8-3-5-10-17(15)21/h2-12H,13H2,1H3,(H2,22,25). The van der Waals surface area contributed by atoms with Crippen molar-refractivity contribution in [2.75, 3.05) is 4.90 Å². The first-order valence-corrected chi connectivity index (χ1v) is 7.89. The number of nitrogens with two attached hydrogens (primary N) is 1. The van der Waals surface area contributed by atoms with E-state index in [-0.39, 0.29) is 12.4 Å². The summed E-state index contributed by atoms with van der Waals surface area (Å²) < 4.78 is 13.9. The first-order chi connectivity index (χ1) is 12.1. The molecule has 0 aliphatic heterocycles. The highest BCUT2D eigenvalue weighted by Crippen LogP contribution is 2.24. The second-order valence-corrected chi connectivity index (χ2v) is 5.71. The second kappa shape index (κ2) is 7.13. The lowest BCUT2D eigenvalue weighted by Crippen LogP contribution is -2.36. The Hall–Kier alpha value is -3.21. The predicted octanol–water partition coefficient (Wildman–Crippen LogP) is 4.28. The number of carbonyl (C=O) groups is 1. The number of pyridine rings is 1. The van der Waals surface area contributed by atoms with E-state index in [2.05, 4.69) is 4.98 Å². The van der Waals surface area contributed by atoms with E-state index < -0.39 is 6.03 Å².